The number of nitrogens with zero attached hydrogens (tertiary/aromatic N) is 3. The lowest BCUT2D eigenvalue weighted by atomic mass is 9.79. The van der Waals surface area contributed by atoms with Crippen molar-refractivity contribution >= 4 is 40.3 Å². The van der Waals surface area contributed by atoms with Gasteiger partial charge in [0, 0.05) is 12.1 Å². The number of hydrogen-bond acceptors (Lipinski definition) is 8. The fourth-order valence-electron chi connectivity index (χ4n) is 3.67. The van der Waals surface area contributed by atoms with Gasteiger partial charge in [-0.3, -0.25) is 9.69 Å². The molecule has 1 amide bonds. The zero-order chi connectivity index (χ0) is 17.4. The second-order valence-corrected chi connectivity index (χ2v) is 9.94. The van der Waals surface area contributed by atoms with E-state index in [2.05, 4.69) is 27.3 Å². The van der Waals surface area contributed by atoms with Crippen molar-refractivity contribution in [1.29, 1.82) is 0 Å². The highest BCUT2D eigenvalue weighted by molar-refractivity contribution is 8.02. The van der Waals surface area contributed by atoms with Gasteiger partial charge in [-0.25, -0.2) is 0 Å². The standard InChI is InChI=1S/C16H20N4O2S3/c1-9-13(10-5-7-20(9)8-6-10)17-14(21)11-3-4-12(23-11)24-16-19-18-15(22-2)25-16/h3-4,9-10,13H,5-8H2,1-2H3,(H,17,21). The molecule has 0 spiro atoms. The lowest BCUT2D eigenvalue weighted by Gasteiger charge is -2.49. The molecule has 5 heterocycles. The van der Waals surface area contributed by atoms with E-state index in [9.17, 15) is 4.79 Å². The summed E-state index contributed by atoms with van der Waals surface area (Å²) >= 11 is 4.42. The molecule has 3 fully saturated rings. The van der Waals surface area contributed by atoms with Crippen molar-refractivity contribution in [2.45, 2.75) is 40.4 Å². The van der Waals surface area contributed by atoms with Gasteiger partial charge in [0.05, 0.1) is 16.2 Å². The number of rotatable bonds is 5. The van der Waals surface area contributed by atoms with Crippen LogP contribution in [0.1, 0.15) is 29.4 Å². The molecule has 2 bridgehead atoms. The molecular formula is C16H20N4O2S3. The van der Waals surface area contributed by atoms with Gasteiger partial charge in [0.2, 0.25) is 0 Å². The molecule has 9 heteroatoms. The molecule has 25 heavy (non-hydrogen) atoms. The Hall–Kier alpha value is -1.16. The first-order valence-corrected chi connectivity index (χ1v) is 10.8. The van der Waals surface area contributed by atoms with E-state index >= 15 is 0 Å². The van der Waals surface area contributed by atoms with Gasteiger partial charge >= 0.3 is 0 Å². The normalized spacial score (nSPS) is 28.1. The number of ether oxygens (including phenoxy) is 1. The molecule has 6 nitrogen and oxygen atoms in total. The predicted molar refractivity (Wildman–Crippen MR) is 99.9 cm³/mol. The highest BCUT2D eigenvalue weighted by atomic mass is 32.2. The molecular weight excluding hydrogens is 376 g/mol. The minimum Gasteiger partial charge on any atom is -0.472 e. The summed E-state index contributed by atoms with van der Waals surface area (Å²) in [5.41, 5.74) is 0. The summed E-state index contributed by atoms with van der Waals surface area (Å²) in [7, 11) is 1.58. The number of amides is 1. The first kappa shape index (κ1) is 17.3. The Labute approximate surface area is 159 Å². The zero-order valence-corrected chi connectivity index (χ0v) is 16.5. The summed E-state index contributed by atoms with van der Waals surface area (Å²) in [4.78, 5) is 15.9. The minimum absolute atomic E-state index is 0.0392. The van der Waals surface area contributed by atoms with E-state index in [0.29, 0.717) is 17.2 Å². The average Bonchev–Trinajstić information content (AvgIpc) is 3.28. The quantitative estimate of drug-likeness (QED) is 0.838. The molecule has 5 rings (SSSR count). The number of nitrogens with one attached hydrogen (secondary N) is 1. The van der Waals surface area contributed by atoms with Crippen LogP contribution in [-0.2, 0) is 0 Å². The number of hydrogen-bond donors (Lipinski definition) is 1. The summed E-state index contributed by atoms with van der Waals surface area (Å²) in [6, 6.07) is 4.56. The van der Waals surface area contributed by atoms with E-state index in [1.54, 1.807) is 7.11 Å². The van der Waals surface area contributed by atoms with E-state index in [0.717, 1.165) is 13.4 Å². The summed E-state index contributed by atoms with van der Waals surface area (Å²) in [5, 5.41) is 11.8. The van der Waals surface area contributed by atoms with Crippen molar-refractivity contribution in [2.24, 2.45) is 5.92 Å². The molecule has 3 aliphatic heterocycles. The summed E-state index contributed by atoms with van der Waals surface area (Å²) in [6.45, 7) is 4.57. The predicted octanol–water partition coefficient (Wildman–Crippen LogP) is 2.97. The van der Waals surface area contributed by atoms with Crippen molar-refractivity contribution in [3.8, 4) is 5.19 Å². The van der Waals surface area contributed by atoms with Crippen molar-refractivity contribution in [3.05, 3.63) is 17.0 Å². The number of piperidine rings is 3. The van der Waals surface area contributed by atoms with Gasteiger partial charge in [0.1, 0.15) is 0 Å². The first-order valence-electron chi connectivity index (χ1n) is 8.34. The van der Waals surface area contributed by atoms with E-state index in [1.807, 2.05) is 12.1 Å². The maximum Gasteiger partial charge on any atom is 0.294 e. The smallest absolute Gasteiger partial charge is 0.294 e. The van der Waals surface area contributed by atoms with Crippen molar-refractivity contribution < 1.29 is 9.53 Å². The number of methoxy groups -OCH3 is 1. The van der Waals surface area contributed by atoms with Crippen LogP contribution in [0.15, 0.2) is 20.7 Å². The summed E-state index contributed by atoms with van der Waals surface area (Å²) in [6.07, 6.45) is 2.39. The third-order valence-electron chi connectivity index (χ3n) is 5.03. The number of fused-ring (bicyclic) bond motifs is 3. The first-order chi connectivity index (χ1) is 12.1. The Morgan fingerprint density at radius 2 is 2.12 bits per heavy atom. The number of carbonyl (C=O) groups excluding carboxylic acids is 1. The SMILES string of the molecule is COc1nnc(Sc2ccc(C(=O)NC3C4CCN(CC4)C3C)s2)s1. The Bertz CT molecular complexity index is 752. The molecule has 2 aromatic rings. The van der Waals surface area contributed by atoms with E-state index in [1.165, 1.54) is 60.4 Å². The molecule has 0 aliphatic carbocycles. The number of carbonyl (C=O) groups is 1. The van der Waals surface area contributed by atoms with Crippen molar-refractivity contribution in [2.75, 3.05) is 20.2 Å². The largest absolute Gasteiger partial charge is 0.472 e. The lowest BCUT2D eigenvalue weighted by molar-refractivity contribution is 0.0218. The summed E-state index contributed by atoms with van der Waals surface area (Å²) < 4.78 is 6.91. The number of aromatic nitrogens is 2. The van der Waals surface area contributed by atoms with Gasteiger partial charge in [0.25, 0.3) is 11.1 Å². The van der Waals surface area contributed by atoms with Crippen molar-refractivity contribution in [1.82, 2.24) is 20.4 Å². The van der Waals surface area contributed by atoms with Crippen LogP contribution >= 0.6 is 34.4 Å². The van der Waals surface area contributed by atoms with Gasteiger partial charge in [0.15, 0.2) is 4.34 Å². The number of thiophene rings is 1. The second-order valence-electron chi connectivity index (χ2n) is 6.37. The Morgan fingerprint density at radius 3 is 2.80 bits per heavy atom. The third-order valence-corrected chi connectivity index (χ3v) is 8.18. The van der Waals surface area contributed by atoms with E-state index in [4.69, 9.17) is 4.74 Å². The van der Waals surface area contributed by atoms with E-state index in [-0.39, 0.29) is 11.9 Å². The van der Waals surface area contributed by atoms with Crippen LogP contribution in [0.2, 0.25) is 0 Å². The Morgan fingerprint density at radius 1 is 1.32 bits per heavy atom. The molecule has 2 unspecified atom stereocenters. The Balaban J connectivity index is 1.40. The maximum atomic E-state index is 12.7. The summed E-state index contributed by atoms with van der Waals surface area (Å²) in [5.74, 6) is 0.656. The molecule has 3 aliphatic rings. The van der Waals surface area contributed by atoms with Crippen LogP contribution < -0.4 is 10.1 Å². The van der Waals surface area contributed by atoms with Gasteiger partial charge in [-0.05, 0) is 74.0 Å². The topological polar surface area (TPSA) is 67.3 Å². The van der Waals surface area contributed by atoms with Crippen molar-refractivity contribution in [3.63, 3.8) is 0 Å². The molecule has 1 N–H and O–H groups in total. The molecule has 0 saturated carbocycles. The fraction of sp³-hybridized carbons (Fsp3) is 0.562. The maximum absolute atomic E-state index is 12.7. The molecule has 0 aromatic carbocycles. The Kier molecular flexibility index (Phi) is 4.99. The monoisotopic (exact) mass is 396 g/mol. The van der Waals surface area contributed by atoms with Gasteiger partial charge in [-0.1, -0.05) is 5.10 Å². The van der Waals surface area contributed by atoms with Crippen LogP contribution in [0.4, 0.5) is 0 Å². The van der Waals surface area contributed by atoms with Gasteiger partial charge < -0.3 is 10.1 Å². The lowest BCUT2D eigenvalue weighted by Crippen LogP contribution is -2.62. The van der Waals surface area contributed by atoms with Crippen LogP contribution in [0.3, 0.4) is 0 Å². The average molecular weight is 397 g/mol. The van der Waals surface area contributed by atoms with Crippen LogP contribution in [0, 0.1) is 5.92 Å². The van der Waals surface area contributed by atoms with Gasteiger partial charge in [-0.15, -0.1) is 16.4 Å². The van der Waals surface area contributed by atoms with Gasteiger partial charge in [-0.2, -0.15) is 0 Å². The van der Waals surface area contributed by atoms with Crippen LogP contribution in [0.25, 0.3) is 0 Å². The minimum atomic E-state index is 0.0392. The third kappa shape index (κ3) is 3.55. The second kappa shape index (κ2) is 7.22. The molecule has 3 saturated heterocycles. The van der Waals surface area contributed by atoms with Crippen LogP contribution in [-0.4, -0.2) is 53.3 Å². The molecule has 134 valence electrons. The zero-order valence-electron chi connectivity index (χ0n) is 14.1. The highest BCUT2D eigenvalue weighted by Gasteiger charge is 2.40. The molecule has 0 radical (unpaired) electrons. The fourth-order valence-corrected chi connectivity index (χ4v) is 6.58. The molecule has 2 aromatic heterocycles. The highest BCUT2D eigenvalue weighted by Crippen LogP contribution is 2.37. The molecule has 2 atom stereocenters. The van der Waals surface area contributed by atoms with E-state index < -0.39 is 0 Å². The van der Waals surface area contributed by atoms with Crippen LogP contribution in [0.5, 0.6) is 5.19 Å².